The number of rotatable bonds is 6. The Balaban J connectivity index is 1.81. The van der Waals surface area contributed by atoms with Crippen LogP contribution in [0.1, 0.15) is 32.8 Å². The van der Waals surface area contributed by atoms with Crippen molar-refractivity contribution in [3.8, 4) is 0 Å². The topological polar surface area (TPSA) is 58.6 Å². The number of thiophene rings is 1. The summed E-state index contributed by atoms with van der Waals surface area (Å²) in [5, 5.41) is 5.39. The van der Waals surface area contributed by atoms with Crippen LogP contribution in [0.2, 0.25) is 5.02 Å². The molecule has 2 atom stereocenters. The average Bonchev–Trinajstić information content (AvgIpc) is 3.29. The molecule has 2 aromatic carbocycles. The van der Waals surface area contributed by atoms with Crippen LogP contribution in [0.5, 0.6) is 0 Å². The van der Waals surface area contributed by atoms with Gasteiger partial charge >= 0.3 is 0 Å². The van der Waals surface area contributed by atoms with Crippen molar-refractivity contribution < 1.29 is 14.3 Å². The lowest BCUT2D eigenvalue weighted by Gasteiger charge is -2.41. The standard InChI is InChI=1S/C23H21ClN2O3S/c1-29-13-12-26-21(19-11-6-14-30-19)20(15-7-2-3-8-16(15)23(26)28)22(27)25-18-10-5-4-9-17(18)24/h2-11,14,20-21H,12-13H2,1H3,(H,25,27). The molecule has 0 radical (unpaired) electrons. The minimum Gasteiger partial charge on any atom is -0.383 e. The SMILES string of the molecule is COCCN1C(=O)c2ccccc2C(C(=O)Nc2ccccc2Cl)C1c1cccs1. The second-order valence-electron chi connectivity index (χ2n) is 6.99. The molecule has 7 heteroatoms. The molecule has 1 aliphatic heterocycles. The highest BCUT2D eigenvalue weighted by Gasteiger charge is 2.44. The largest absolute Gasteiger partial charge is 0.383 e. The Labute approximate surface area is 184 Å². The van der Waals surface area contributed by atoms with Crippen molar-refractivity contribution in [2.45, 2.75) is 12.0 Å². The number of para-hydroxylation sites is 1. The zero-order valence-electron chi connectivity index (χ0n) is 16.4. The summed E-state index contributed by atoms with van der Waals surface area (Å²) in [4.78, 5) is 29.6. The third kappa shape index (κ3) is 3.86. The number of amides is 2. The van der Waals surface area contributed by atoms with E-state index in [1.807, 2.05) is 47.8 Å². The molecule has 3 aromatic rings. The zero-order valence-corrected chi connectivity index (χ0v) is 18.0. The van der Waals surface area contributed by atoms with Crippen LogP contribution >= 0.6 is 22.9 Å². The van der Waals surface area contributed by atoms with Gasteiger partial charge in [-0.05, 0) is 35.2 Å². The number of carbonyl (C=O) groups excluding carboxylic acids is 2. The number of ether oxygens (including phenoxy) is 1. The summed E-state index contributed by atoms with van der Waals surface area (Å²) in [6.07, 6.45) is 0. The number of hydrogen-bond donors (Lipinski definition) is 1. The maximum atomic E-state index is 13.6. The summed E-state index contributed by atoms with van der Waals surface area (Å²) in [7, 11) is 1.60. The van der Waals surface area contributed by atoms with Gasteiger partial charge in [0.1, 0.15) is 0 Å². The van der Waals surface area contributed by atoms with Gasteiger partial charge < -0.3 is 15.0 Å². The van der Waals surface area contributed by atoms with Gasteiger partial charge in [-0.1, -0.05) is 48.0 Å². The summed E-state index contributed by atoms with van der Waals surface area (Å²) in [5.74, 6) is -0.877. The first kappa shape index (κ1) is 20.6. The van der Waals surface area contributed by atoms with Crippen molar-refractivity contribution in [2.24, 2.45) is 0 Å². The van der Waals surface area contributed by atoms with Gasteiger partial charge in [0.25, 0.3) is 5.91 Å². The molecule has 0 saturated carbocycles. The second kappa shape index (κ2) is 9.00. The van der Waals surface area contributed by atoms with E-state index in [-0.39, 0.29) is 11.8 Å². The number of methoxy groups -OCH3 is 1. The van der Waals surface area contributed by atoms with Crippen LogP contribution in [-0.4, -0.2) is 37.0 Å². The summed E-state index contributed by atoms with van der Waals surface area (Å²) in [5.41, 5.74) is 1.81. The molecule has 1 N–H and O–H groups in total. The van der Waals surface area contributed by atoms with E-state index in [0.717, 1.165) is 10.4 Å². The van der Waals surface area contributed by atoms with Crippen LogP contribution in [-0.2, 0) is 9.53 Å². The summed E-state index contributed by atoms with van der Waals surface area (Å²) in [6.45, 7) is 0.775. The maximum Gasteiger partial charge on any atom is 0.254 e. The number of nitrogens with one attached hydrogen (secondary N) is 1. The Kier molecular flexibility index (Phi) is 6.18. The molecule has 0 saturated heterocycles. The van der Waals surface area contributed by atoms with Crippen molar-refractivity contribution in [2.75, 3.05) is 25.6 Å². The van der Waals surface area contributed by atoms with Crippen LogP contribution in [0.4, 0.5) is 5.69 Å². The fourth-order valence-electron chi connectivity index (χ4n) is 3.86. The molecule has 0 aliphatic carbocycles. The quantitative estimate of drug-likeness (QED) is 0.588. The van der Waals surface area contributed by atoms with E-state index < -0.39 is 12.0 Å². The number of anilines is 1. The van der Waals surface area contributed by atoms with Gasteiger partial charge in [0.05, 0.1) is 29.3 Å². The lowest BCUT2D eigenvalue weighted by Crippen LogP contribution is -2.47. The van der Waals surface area contributed by atoms with Gasteiger partial charge in [0.2, 0.25) is 5.91 Å². The normalized spacial score (nSPS) is 18.2. The predicted molar refractivity (Wildman–Crippen MR) is 119 cm³/mol. The predicted octanol–water partition coefficient (Wildman–Crippen LogP) is 4.97. The molecule has 1 aliphatic rings. The summed E-state index contributed by atoms with van der Waals surface area (Å²) in [6, 6.07) is 17.9. The molecule has 154 valence electrons. The number of hydrogen-bond acceptors (Lipinski definition) is 4. The van der Waals surface area contributed by atoms with Crippen molar-refractivity contribution in [1.82, 2.24) is 4.90 Å². The van der Waals surface area contributed by atoms with E-state index >= 15 is 0 Å². The number of nitrogens with zero attached hydrogens (tertiary/aromatic N) is 1. The molecule has 2 heterocycles. The number of benzene rings is 2. The van der Waals surface area contributed by atoms with Gasteiger partial charge in [0.15, 0.2) is 0 Å². The van der Waals surface area contributed by atoms with Crippen LogP contribution in [0.15, 0.2) is 66.0 Å². The minimum absolute atomic E-state index is 0.0946. The van der Waals surface area contributed by atoms with Crippen molar-refractivity contribution in [3.63, 3.8) is 0 Å². The van der Waals surface area contributed by atoms with Crippen LogP contribution in [0.25, 0.3) is 0 Å². The molecule has 30 heavy (non-hydrogen) atoms. The summed E-state index contributed by atoms with van der Waals surface area (Å²) < 4.78 is 5.25. The molecular weight excluding hydrogens is 420 g/mol. The lowest BCUT2D eigenvalue weighted by molar-refractivity contribution is -0.119. The third-order valence-corrected chi connectivity index (χ3v) is 6.50. The number of halogens is 1. The average molecular weight is 441 g/mol. The monoisotopic (exact) mass is 440 g/mol. The molecule has 2 unspecified atom stereocenters. The van der Waals surface area contributed by atoms with Crippen molar-refractivity contribution in [1.29, 1.82) is 0 Å². The highest BCUT2D eigenvalue weighted by molar-refractivity contribution is 7.10. The van der Waals surface area contributed by atoms with Gasteiger partial charge in [-0.15, -0.1) is 11.3 Å². The smallest absolute Gasteiger partial charge is 0.254 e. The highest BCUT2D eigenvalue weighted by Crippen LogP contribution is 2.44. The van der Waals surface area contributed by atoms with Crippen LogP contribution < -0.4 is 5.32 Å². The van der Waals surface area contributed by atoms with Crippen LogP contribution in [0, 0.1) is 0 Å². The first-order valence-corrected chi connectivity index (χ1v) is 10.8. The molecule has 0 bridgehead atoms. The van der Waals surface area contributed by atoms with E-state index in [1.54, 1.807) is 30.2 Å². The molecule has 4 rings (SSSR count). The molecule has 0 spiro atoms. The molecule has 5 nitrogen and oxygen atoms in total. The Morgan fingerprint density at radius 2 is 1.90 bits per heavy atom. The molecule has 2 amide bonds. The van der Waals surface area contributed by atoms with Crippen LogP contribution in [0.3, 0.4) is 0 Å². The summed E-state index contributed by atoms with van der Waals surface area (Å²) >= 11 is 7.80. The van der Waals surface area contributed by atoms with E-state index in [4.69, 9.17) is 16.3 Å². The van der Waals surface area contributed by atoms with E-state index in [2.05, 4.69) is 5.32 Å². The number of carbonyl (C=O) groups is 2. The van der Waals surface area contributed by atoms with Crippen molar-refractivity contribution in [3.05, 3.63) is 87.1 Å². The number of fused-ring (bicyclic) bond motifs is 1. The van der Waals surface area contributed by atoms with Gasteiger partial charge in [0, 0.05) is 24.1 Å². The Bertz CT molecular complexity index is 1050. The van der Waals surface area contributed by atoms with Crippen molar-refractivity contribution >= 4 is 40.4 Å². The first-order valence-electron chi connectivity index (χ1n) is 9.59. The molecule has 1 aromatic heterocycles. The van der Waals surface area contributed by atoms with E-state index in [0.29, 0.717) is 29.4 Å². The molecule has 0 fully saturated rings. The lowest BCUT2D eigenvalue weighted by atomic mass is 9.81. The van der Waals surface area contributed by atoms with Gasteiger partial charge in [-0.2, -0.15) is 0 Å². The van der Waals surface area contributed by atoms with E-state index in [1.165, 1.54) is 11.3 Å². The Morgan fingerprint density at radius 1 is 1.13 bits per heavy atom. The Hall–Kier alpha value is -2.67. The molecular formula is C23H21ClN2O3S. The third-order valence-electron chi connectivity index (χ3n) is 5.22. The Morgan fingerprint density at radius 3 is 2.63 bits per heavy atom. The van der Waals surface area contributed by atoms with Gasteiger partial charge in [-0.3, -0.25) is 9.59 Å². The second-order valence-corrected chi connectivity index (χ2v) is 8.37. The minimum atomic E-state index is -0.578. The maximum absolute atomic E-state index is 13.6. The zero-order chi connectivity index (χ0) is 21.1. The fraction of sp³-hybridized carbons (Fsp3) is 0.217. The first-order chi connectivity index (χ1) is 14.6. The highest BCUT2D eigenvalue weighted by atomic mass is 35.5. The van der Waals surface area contributed by atoms with E-state index in [9.17, 15) is 9.59 Å². The van der Waals surface area contributed by atoms with Gasteiger partial charge in [-0.25, -0.2) is 0 Å². The fourth-order valence-corrected chi connectivity index (χ4v) is 4.92.